The molecule has 1 heterocycles. The largest absolute Gasteiger partial charge is 0.457 e. The molecule has 16 heavy (non-hydrogen) atoms. The van der Waals surface area contributed by atoms with E-state index in [1.165, 1.54) is 38.4 Å². The van der Waals surface area contributed by atoms with E-state index in [1.54, 1.807) is 6.07 Å². The van der Waals surface area contributed by atoms with Crippen molar-refractivity contribution < 1.29 is 9.21 Å². The monoisotopic (exact) mass is 285 g/mol. The Morgan fingerprint density at radius 3 is 2.81 bits per heavy atom. The lowest BCUT2D eigenvalue weighted by Crippen LogP contribution is -2.30. The lowest BCUT2D eigenvalue weighted by atomic mass is 9.89. The number of rotatable bonds is 3. The highest BCUT2D eigenvalue weighted by molar-refractivity contribution is 9.10. The van der Waals surface area contributed by atoms with E-state index < -0.39 is 0 Å². The summed E-state index contributed by atoms with van der Waals surface area (Å²) in [6, 6.07) is 1.68. The Labute approximate surface area is 104 Å². The number of amides is 1. The van der Waals surface area contributed by atoms with Crippen LogP contribution >= 0.6 is 15.9 Å². The average Bonchev–Trinajstić information content (AvgIpc) is 2.74. The number of furan rings is 1. The molecule has 0 atom stereocenters. The highest BCUT2D eigenvalue weighted by Crippen LogP contribution is 2.23. The van der Waals surface area contributed by atoms with Crippen LogP contribution in [0, 0.1) is 5.92 Å². The Kier molecular flexibility index (Phi) is 4.04. The average molecular weight is 286 g/mol. The van der Waals surface area contributed by atoms with Crippen LogP contribution in [0.3, 0.4) is 0 Å². The highest BCUT2D eigenvalue weighted by Gasteiger charge is 2.16. The third-order valence-electron chi connectivity index (χ3n) is 3.14. The summed E-state index contributed by atoms with van der Waals surface area (Å²) in [4.78, 5) is 11.8. The topological polar surface area (TPSA) is 42.2 Å². The smallest absolute Gasteiger partial charge is 0.255 e. The third-order valence-corrected chi connectivity index (χ3v) is 3.75. The molecule has 0 radical (unpaired) electrons. The van der Waals surface area contributed by atoms with E-state index >= 15 is 0 Å². The first-order chi connectivity index (χ1) is 7.77. The van der Waals surface area contributed by atoms with Crippen LogP contribution in [0.2, 0.25) is 0 Å². The quantitative estimate of drug-likeness (QED) is 0.925. The molecule has 1 aromatic rings. The van der Waals surface area contributed by atoms with Crippen molar-refractivity contribution in [3.8, 4) is 0 Å². The predicted molar refractivity (Wildman–Crippen MR) is 65.3 cm³/mol. The number of halogens is 1. The second-order valence-electron chi connectivity index (χ2n) is 4.32. The van der Waals surface area contributed by atoms with Crippen LogP contribution in [0.1, 0.15) is 42.5 Å². The molecule has 1 aliphatic carbocycles. The molecule has 4 heteroatoms. The molecule has 2 rings (SSSR count). The Morgan fingerprint density at radius 2 is 2.19 bits per heavy atom. The van der Waals surface area contributed by atoms with Crippen molar-refractivity contribution in [2.45, 2.75) is 32.1 Å². The van der Waals surface area contributed by atoms with Crippen molar-refractivity contribution in [2.75, 3.05) is 6.54 Å². The Balaban J connectivity index is 1.81. The van der Waals surface area contributed by atoms with Crippen LogP contribution in [-0.4, -0.2) is 12.5 Å². The molecular formula is C12H16BrNO2. The molecule has 1 fully saturated rings. The number of hydrogen-bond acceptors (Lipinski definition) is 2. The van der Waals surface area contributed by atoms with Gasteiger partial charge >= 0.3 is 0 Å². The summed E-state index contributed by atoms with van der Waals surface area (Å²) in [5, 5.41) is 2.97. The first-order valence-electron chi connectivity index (χ1n) is 5.78. The third kappa shape index (κ3) is 2.88. The van der Waals surface area contributed by atoms with Crippen molar-refractivity contribution in [3.05, 3.63) is 22.6 Å². The van der Waals surface area contributed by atoms with Gasteiger partial charge in [0.05, 0.1) is 11.8 Å². The van der Waals surface area contributed by atoms with Gasteiger partial charge in [-0.2, -0.15) is 0 Å². The zero-order valence-corrected chi connectivity index (χ0v) is 10.8. The normalized spacial score (nSPS) is 17.3. The van der Waals surface area contributed by atoms with E-state index in [1.807, 2.05) is 0 Å². The van der Waals surface area contributed by atoms with Gasteiger partial charge in [-0.25, -0.2) is 0 Å². The van der Waals surface area contributed by atoms with Gasteiger partial charge in [0.15, 0.2) is 4.67 Å². The van der Waals surface area contributed by atoms with Crippen molar-refractivity contribution in [3.63, 3.8) is 0 Å². The first kappa shape index (κ1) is 11.7. The lowest BCUT2D eigenvalue weighted by molar-refractivity contribution is 0.0942. The fourth-order valence-electron chi connectivity index (χ4n) is 2.18. The van der Waals surface area contributed by atoms with E-state index in [-0.39, 0.29) is 5.91 Å². The van der Waals surface area contributed by atoms with Gasteiger partial charge < -0.3 is 9.73 Å². The van der Waals surface area contributed by atoms with Gasteiger partial charge in [-0.05, 0) is 40.8 Å². The van der Waals surface area contributed by atoms with E-state index in [9.17, 15) is 4.79 Å². The molecule has 0 aliphatic heterocycles. The second kappa shape index (κ2) is 5.53. The number of carbonyl (C=O) groups excluding carboxylic acids is 1. The van der Waals surface area contributed by atoms with Gasteiger partial charge in [0.25, 0.3) is 5.91 Å². The summed E-state index contributed by atoms with van der Waals surface area (Å²) < 4.78 is 5.54. The van der Waals surface area contributed by atoms with Crippen molar-refractivity contribution in [1.82, 2.24) is 5.32 Å². The Morgan fingerprint density at radius 1 is 1.44 bits per heavy atom. The van der Waals surface area contributed by atoms with Crippen molar-refractivity contribution in [1.29, 1.82) is 0 Å². The minimum Gasteiger partial charge on any atom is -0.457 e. The van der Waals surface area contributed by atoms with Crippen LogP contribution < -0.4 is 5.32 Å². The molecule has 1 amide bonds. The standard InChI is InChI=1S/C12H16BrNO2/c13-11-10(6-7-16-11)12(15)14-8-9-4-2-1-3-5-9/h6-7,9H,1-5,8H2,(H,14,15). The van der Waals surface area contributed by atoms with E-state index in [4.69, 9.17) is 4.42 Å². The van der Waals surface area contributed by atoms with Gasteiger partial charge in [-0.15, -0.1) is 0 Å². The van der Waals surface area contributed by atoms with Gasteiger partial charge in [-0.1, -0.05) is 19.3 Å². The summed E-state index contributed by atoms with van der Waals surface area (Å²) in [6.45, 7) is 0.788. The molecule has 0 bridgehead atoms. The molecule has 3 nitrogen and oxygen atoms in total. The SMILES string of the molecule is O=C(NCC1CCCCC1)c1ccoc1Br. The number of carbonyl (C=O) groups is 1. The summed E-state index contributed by atoms with van der Waals surface area (Å²) >= 11 is 3.21. The second-order valence-corrected chi connectivity index (χ2v) is 5.04. The maximum Gasteiger partial charge on any atom is 0.255 e. The first-order valence-corrected chi connectivity index (χ1v) is 6.58. The zero-order valence-electron chi connectivity index (χ0n) is 9.17. The van der Waals surface area contributed by atoms with Gasteiger partial charge in [-0.3, -0.25) is 4.79 Å². The summed E-state index contributed by atoms with van der Waals surface area (Å²) in [6.07, 6.45) is 7.95. The van der Waals surface area contributed by atoms with Crippen LogP contribution in [0.25, 0.3) is 0 Å². The summed E-state index contributed by atoms with van der Waals surface area (Å²) in [5.74, 6) is 0.606. The number of hydrogen-bond donors (Lipinski definition) is 1. The van der Waals surface area contributed by atoms with Crippen molar-refractivity contribution >= 4 is 21.8 Å². The lowest BCUT2D eigenvalue weighted by Gasteiger charge is -2.21. The minimum absolute atomic E-state index is 0.0498. The van der Waals surface area contributed by atoms with E-state index in [2.05, 4.69) is 21.2 Å². The molecule has 1 aliphatic rings. The molecule has 88 valence electrons. The van der Waals surface area contributed by atoms with Crippen LogP contribution in [-0.2, 0) is 0 Å². The number of nitrogens with one attached hydrogen (secondary N) is 1. The fraction of sp³-hybridized carbons (Fsp3) is 0.583. The molecule has 0 spiro atoms. The predicted octanol–water partition coefficient (Wildman–Crippen LogP) is 3.35. The molecular weight excluding hydrogens is 270 g/mol. The van der Waals surface area contributed by atoms with Gasteiger partial charge in [0.1, 0.15) is 0 Å². The molecule has 1 saturated carbocycles. The maximum absolute atomic E-state index is 11.8. The molecule has 1 aromatic heterocycles. The van der Waals surface area contributed by atoms with Crippen LogP contribution in [0.5, 0.6) is 0 Å². The van der Waals surface area contributed by atoms with Crippen molar-refractivity contribution in [2.24, 2.45) is 5.92 Å². The summed E-state index contributed by atoms with van der Waals surface area (Å²) in [7, 11) is 0. The van der Waals surface area contributed by atoms with E-state index in [0.29, 0.717) is 16.2 Å². The molecule has 0 aromatic carbocycles. The van der Waals surface area contributed by atoms with E-state index in [0.717, 1.165) is 6.54 Å². The highest BCUT2D eigenvalue weighted by atomic mass is 79.9. The minimum atomic E-state index is -0.0498. The van der Waals surface area contributed by atoms with Crippen LogP contribution in [0.4, 0.5) is 0 Å². The molecule has 1 N–H and O–H groups in total. The summed E-state index contributed by atoms with van der Waals surface area (Å²) in [5.41, 5.74) is 0.579. The molecule has 0 saturated heterocycles. The van der Waals surface area contributed by atoms with Gasteiger partial charge in [0.2, 0.25) is 0 Å². The van der Waals surface area contributed by atoms with Crippen LogP contribution in [0.15, 0.2) is 21.4 Å². The Bertz CT molecular complexity index is 356. The maximum atomic E-state index is 11.8. The zero-order chi connectivity index (χ0) is 11.4. The van der Waals surface area contributed by atoms with Gasteiger partial charge in [0, 0.05) is 6.54 Å². The Hall–Kier alpha value is -0.770. The fourth-order valence-corrected chi connectivity index (χ4v) is 2.60. The molecule has 0 unspecified atom stereocenters.